The molecule has 0 heterocycles. The van der Waals surface area contributed by atoms with Gasteiger partial charge in [-0.3, -0.25) is 0 Å². The van der Waals surface area contributed by atoms with Crippen LogP contribution in [0.25, 0.3) is 0 Å². The maximum absolute atomic E-state index is 8.61. The molecule has 0 radical (unpaired) electrons. The molecule has 0 rings (SSSR count). The zero-order valence-electron chi connectivity index (χ0n) is 10.3. The lowest BCUT2D eigenvalue weighted by Crippen LogP contribution is -2.32. The van der Waals surface area contributed by atoms with Gasteiger partial charge in [0.2, 0.25) is 0 Å². The fourth-order valence-corrected chi connectivity index (χ4v) is 2.45. The normalized spacial score (nSPS) is 15.3. The van der Waals surface area contributed by atoms with Gasteiger partial charge in [-0.15, -0.1) is 0 Å². The van der Waals surface area contributed by atoms with Crippen molar-refractivity contribution in [1.82, 2.24) is 0 Å². The van der Waals surface area contributed by atoms with Crippen LogP contribution >= 0.6 is 11.8 Å². The van der Waals surface area contributed by atoms with Crippen molar-refractivity contribution in [3.63, 3.8) is 0 Å². The van der Waals surface area contributed by atoms with E-state index in [1.165, 1.54) is 12.2 Å². The van der Waals surface area contributed by atoms with Gasteiger partial charge in [0.05, 0.1) is 0 Å². The molecule has 0 amide bonds. The Balaban J connectivity index is 3.76. The van der Waals surface area contributed by atoms with E-state index in [0.717, 1.165) is 18.1 Å². The van der Waals surface area contributed by atoms with Crippen molar-refractivity contribution in [3.8, 4) is 0 Å². The van der Waals surface area contributed by atoms with Crippen molar-refractivity contribution >= 4 is 17.6 Å². The largest absolute Gasteiger partial charge is 0.409 e. The second-order valence-corrected chi connectivity index (χ2v) is 5.86. The molecule has 90 valence electrons. The van der Waals surface area contributed by atoms with Crippen molar-refractivity contribution in [1.29, 1.82) is 0 Å². The molecule has 0 aromatic carbocycles. The average molecular weight is 232 g/mol. The fourth-order valence-electron chi connectivity index (χ4n) is 0.993. The van der Waals surface area contributed by atoms with Gasteiger partial charge in [0.1, 0.15) is 5.84 Å². The molecule has 3 nitrogen and oxygen atoms in total. The maximum Gasteiger partial charge on any atom is 0.144 e. The van der Waals surface area contributed by atoms with Crippen molar-refractivity contribution in [2.45, 2.75) is 40.5 Å². The van der Waals surface area contributed by atoms with Gasteiger partial charge in [0, 0.05) is 5.41 Å². The fraction of sp³-hybridized carbons (Fsp3) is 0.909. The van der Waals surface area contributed by atoms with E-state index >= 15 is 0 Å². The van der Waals surface area contributed by atoms with Gasteiger partial charge < -0.3 is 10.9 Å². The lowest BCUT2D eigenvalue weighted by Gasteiger charge is -2.22. The van der Waals surface area contributed by atoms with Gasteiger partial charge in [-0.2, -0.15) is 11.8 Å². The molecule has 0 aliphatic rings. The van der Waals surface area contributed by atoms with E-state index in [4.69, 9.17) is 10.9 Å². The third kappa shape index (κ3) is 5.92. The summed E-state index contributed by atoms with van der Waals surface area (Å²) in [6.07, 6.45) is 2.18. The highest BCUT2D eigenvalue weighted by atomic mass is 32.2. The molecule has 0 aromatic rings. The number of oxime groups is 1. The molecule has 0 bridgehead atoms. The number of nitrogens with two attached hydrogens (primary N) is 1. The van der Waals surface area contributed by atoms with Gasteiger partial charge in [-0.1, -0.05) is 39.3 Å². The first kappa shape index (κ1) is 14.6. The lowest BCUT2D eigenvalue weighted by atomic mass is 9.89. The Hall–Kier alpha value is -0.380. The molecule has 15 heavy (non-hydrogen) atoms. The Morgan fingerprint density at radius 3 is 2.60 bits per heavy atom. The minimum Gasteiger partial charge on any atom is -0.409 e. The standard InChI is InChI=1S/C11H24N2OS/c1-5-9(2)8-15-7-6-11(3,4)10(12)13-14/h9,14H,5-8H2,1-4H3,(H2,12,13). The summed E-state index contributed by atoms with van der Waals surface area (Å²) in [4.78, 5) is 0. The Labute approximate surface area is 97.5 Å². The molecule has 4 heteroatoms. The molecule has 3 N–H and O–H groups in total. The Bertz CT molecular complexity index is 205. The van der Waals surface area contributed by atoms with E-state index in [2.05, 4.69) is 19.0 Å². The molecular weight excluding hydrogens is 208 g/mol. The molecule has 0 aliphatic carbocycles. The highest BCUT2D eigenvalue weighted by molar-refractivity contribution is 7.99. The SMILES string of the molecule is CCC(C)CSCCC(C)(C)C(N)=NO. The number of rotatable bonds is 7. The van der Waals surface area contributed by atoms with Gasteiger partial charge in [-0.25, -0.2) is 0 Å². The summed E-state index contributed by atoms with van der Waals surface area (Å²) in [6, 6.07) is 0. The molecule has 0 aromatic heterocycles. The molecule has 0 aliphatic heterocycles. The third-order valence-electron chi connectivity index (χ3n) is 2.77. The van der Waals surface area contributed by atoms with Gasteiger partial charge in [-0.05, 0) is 23.8 Å². The van der Waals surface area contributed by atoms with Crippen molar-refractivity contribution in [2.24, 2.45) is 22.2 Å². The first-order valence-electron chi connectivity index (χ1n) is 5.49. The molecule has 0 spiro atoms. The van der Waals surface area contributed by atoms with Gasteiger partial charge in [0.25, 0.3) is 0 Å². The number of hydrogen-bond donors (Lipinski definition) is 2. The van der Waals surface area contributed by atoms with Crippen molar-refractivity contribution in [3.05, 3.63) is 0 Å². The molecule has 0 saturated heterocycles. The summed E-state index contributed by atoms with van der Waals surface area (Å²) in [6.45, 7) is 8.49. The van der Waals surface area contributed by atoms with E-state index in [1.807, 2.05) is 25.6 Å². The molecule has 1 atom stereocenters. The number of amidine groups is 1. The van der Waals surface area contributed by atoms with Crippen LogP contribution in [-0.4, -0.2) is 22.5 Å². The second kappa shape index (κ2) is 6.99. The molecule has 0 saturated carbocycles. The van der Waals surface area contributed by atoms with Crippen LogP contribution in [0.1, 0.15) is 40.5 Å². The minimum absolute atomic E-state index is 0.197. The number of hydrogen-bond acceptors (Lipinski definition) is 3. The Kier molecular flexibility index (Phi) is 6.81. The Morgan fingerprint density at radius 1 is 1.53 bits per heavy atom. The van der Waals surface area contributed by atoms with Crippen LogP contribution in [0.2, 0.25) is 0 Å². The van der Waals surface area contributed by atoms with Crippen LogP contribution in [0.4, 0.5) is 0 Å². The molecule has 1 unspecified atom stereocenters. The van der Waals surface area contributed by atoms with Gasteiger partial charge >= 0.3 is 0 Å². The topological polar surface area (TPSA) is 58.6 Å². The van der Waals surface area contributed by atoms with E-state index in [1.54, 1.807) is 0 Å². The number of thioether (sulfide) groups is 1. The highest BCUT2D eigenvalue weighted by Crippen LogP contribution is 2.24. The zero-order valence-corrected chi connectivity index (χ0v) is 11.1. The second-order valence-electron chi connectivity index (χ2n) is 4.71. The van der Waals surface area contributed by atoms with Crippen LogP contribution in [0, 0.1) is 11.3 Å². The van der Waals surface area contributed by atoms with E-state index in [0.29, 0.717) is 5.84 Å². The van der Waals surface area contributed by atoms with E-state index < -0.39 is 0 Å². The van der Waals surface area contributed by atoms with Crippen LogP contribution < -0.4 is 5.73 Å². The number of nitrogens with zero attached hydrogens (tertiary/aromatic N) is 1. The first-order chi connectivity index (χ1) is 6.94. The van der Waals surface area contributed by atoms with Crippen LogP contribution in [0.15, 0.2) is 5.16 Å². The summed E-state index contributed by atoms with van der Waals surface area (Å²) in [5, 5.41) is 11.7. The van der Waals surface area contributed by atoms with E-state index in [9.17, 15) is 0 Å². The van der Waals surface area contributed by atoms with Crippen molar-refractivity contribution in [2.75, 3.05) is 11.5 Å². The summed E-state index contributed by atoms with van der Waals surface area (Å²) in [5.74, 6) is 3.37. The monoisotopic (exact) mass is 232 g/mol. The molecular formula is C11H24N2OS. The van der Waals surface area contributed by atoms with Crippen LogP contribution in [0.5, 0.6) is 0 Å². The zero-order chi connectivity index (χ0) is 11.9. The summed E-state index contributed by atoms with van der Waals surface area (Å²) in [5.41, 5.74) is 5.41. The molecule has 0 fully saturated rings. The summed E-state index contributed by atoms with van der Waals surface area (Å²) >= 11 is 1.95. The van der Waals surface area contributed by atoms with Gasteiger partial charge in [0.15, 0.2) is 0 Å². The van der Waals surface area contributed by atoms with Crippen LogP contribution in [-0.2, 0) is 0 Å². The Morgan fingerprint density at radius 2 is 2.13 bits per heavy atom. The summed E-state index contributed by atoms with van der Waals surface area (Å²) in [7, 11) is 0. The minimum atomic E-state index is -0.197. The predicted octanol–water partition coefficient (Wildman–Crippen LogP) is 2.93. The third-order valence-corrected chi connectivity index (χ3v) is 4.07. The smallest absolute Gasteiger partial charge is 0.144 e. The lowest BCUT2D eigenvalue weighted by molar-refractivity contribution is 0.307. The van der Waals surface area contributed by atoms with Crippen molar-refractivity contribution < 1.29 is 5.21 Å². The summed E-state index contributed by atoms with van der Waals surface area (Å²) < 4.78 is 0. The first-order valence-corrected chi connectivity index (χ1v) is 6.65. The average Bonchev–Trinajstić information content (AvgIpc) is 2.22. The highest BCUT2D eigenvalue weighted by Gasteiger charge is 2.22. The van der Waals surface area contributed by atoms with E-state index in [-0.39, 0.29) is 5.41 Å². The van der Waals surface area contributed by atoms with Crippen LogP contribution in [0.3, 0.4) is 0 Å². The predicted molar refractivity (Wildman–Crippen MR) is 68.6 cm³/mol. The quantitative estimate of drug-likeness (QED) is 0.233. The maximum atomic E-state index is 8.61.